The fourth-order valence-electron chi connectivity index (χ4n) is 2.03. The van der Waals surface area contributed by atoms with Crippen LogP contribution in [0.3, 0.4) is 0 Å². The van der Waals surface area contributed by atoms with Crippen molar-refractivity contribution in [1.82, 2.24) is 4.90 Å². The second-order valence-corrected chi connectivity index (χ2v) is 5.83. The Hall–Kier alpha value is -1.34. The normalized spacial score (nSPS) is 25.5. The monoisotopic (exact) mass is 267 g/mol. The Balaban J connectivity index is 2.16. The highest BCUT2D eigenvalue weighted by atomic mass is 16.7. The minimum absolute atomic E-state index is 0.143. The van der Waals surface area contributed by atoms with Crippen LogP contribution in [0.25, 0.3) is 0 Å². The smallest absolute Gasteiger partial charge is 0.465 e. The maximum absolute atomic E-state index is 11.7. The van der Waals surface area contributed by atoms with Gasteiger partial charge in [0.1, 0.15) is 0 Å². The Labute approximate surface area is 112 Å². The molecule has 2 aliphatic rings. The lowest BCUT2D eigenvalue weighted by Gasteiger charge is -2.32. The van der Waals surface area contributed by atoms with E-state index in [2.05, 4.69) is 0 Å². The van der Waals surface area contributed by atoms with E-state index >= 15 is 0 Å². The van der Waals surface area contributed by atoms with Crippen molar-refractivity contribution in [3.05, 3.63) is 11.5 Å². The molecule has 0 radical (unpaired) electrons. The summed E-state index contributed by atoms with van der Waals surface area (Å²) in [6, 6.07) is 0. The summed E-state index contributed by atoms with van der Waals surface area (Å²) in [5.41, 5.74) is -0.238. The maximum atomic E-state index is 11.7. The number of hydrogen-bond donors (Lipinski definition) is 1. The molecule has 0 atom stereocenters. The summed E-state index contributed by atoms with van der Waals surface area (Å²) in [6.07, 6.45) is 0.517. The van der Waals surface area contributed by atoms with E-state index in [9.17, 15) is 9.59 Å². The summed E-state index contributed by atoms with van der Waals surface area (Å²) < 4.78 is 11.7. The molecule has 2 heterocycles. The lowest BCUT2D eigenvalue weighted by molar-refractivity contribution is -0.124. The lowest BCUT2D eigenvalue weighted by Crippen LogP contribution is -2.41. The number of nitrogens with zero attached hydrogens (tertiary/aromatic N) is 1. The summed E-state index contributed by atoms with van der Waals surface area (Å²) in [5.74, 6) is -0.538. The van der Waals surface area contributed by atoms with Gasteiger partial charge in [-0.2, -0.15) is 0 Å². The van der Waals surface area contributed by atoms with Gasteiger partial charge in [0.15, 0.2) is 0 Å². The van der Waals surface area contributed by atoms with Gasteiger partial charge in [0.25, 0.3) is 5.91 Å². The Kier molecular flexibility index (Phi) is 3.22. The third-order valence-electron chi connectivity index (χ3n) is 3.99. The summed E-state index contributed by atoms with van der Waals surface area (Å²) in [7, 11) is -0.579. The van der Waals surface area contributed by atoms with Crippen molar-refractivity contribution in [2.75, 3.05) is 6.54 Å². The van der Waals surface area contributed by atoms with Gasteiger partial charge < -0.3 is 14.4 Å². The molecule has 0 aromatic rings. The molecule has 2 aliphatic heterocycles. The van der Waals surface area contributed by atoms with Crippen LogP contribution < -0.4 is 0 Å². The molecule has 2 rings (SSSR count). The third kappa shape index (κ3) is 2.40. The van der Waals surface area contributed by atoms with Crippen molar-refractivity contribution >= 4 is 19.1 Å². The quantitative estimate of drug-likeness (QED) is 0.728. The molecule has 2 amide bonds. The molecule has 0 aromatic carbocycles. The zero-order chi connectivity index (χ0) is 14.4. The predicted molar refractivity (Wildman–Crippen MR) is 68.5 cm³/mol. The van der Waals surface area contributed by atoms with E-state index in [4.69, 9.17) is 14.4 Å². The summed E-state index contributed by atoms with van der Waals surface area (Å²) in [5, 5.41) is 8.84. The fraction of sp³-hybridized carbons (Fsp3) is 0.667. The number of hydrogen-bond acceptors (Lipinski definition) is 4. The molecular formula is C12H18BNO5. The van der Waals surface area contributed by atoms with Gasteiger partial charge in [0, 0.05) is 6.54 Å². The van der Waals surface area contributed by atoms with Gasteiger partial charge in [-0.25, -0.2) is 9.69 Å². The second kappa shape index (κ2) is 4.35. The molecule has 0 aliphatic carbocycles. The van der Waals surface area contributed by atoms with Crippen LogP contribution in [-0.2, 0) is 14.1 Å². The molecule has 1 N–H and O–H groups in total. The number of amides is 2. The van der Waals surface area contributed by atoms with Crippen molar-refractivity contribution in [2.45, 2.75) is 45.3 Å². The Bertz CT molecular complexity index is 441. The van der Waals surface area contributed by atoms with Gasteiger partial charge in [-0.05, 0) is 45.7 Å². The largest absolute Gasteiger partial charge is 0.490 e. The highest BCUT2D eigenvalue weighted by Crippen LogP contribution is 2.39. The summed E-state index contributed by atoms with van der Waals surface area (Å²) >= 11 is 0. The average Bonchev–Trinajstić information content (AvgIpc) is 2.47. The number of carbonyl (C=O) groups excluding carboxylic acids is 1. The van der Waals surface area contributed by atoms with Crippen molar-refractivity contribution in [2.24, 2.45) is 0 Å². The Morgan fingerprint density at radius 3 is 2.26 bits per heavy atom. The first kappa shape index (κ1) is 14.1. The van der Waals surface area contributed by atoms with Crippen LogP contribution in [0.4, 0.5) is 4.79 Å². The van der Waals surface area contributed by atoms with Crippen LogP contribution in [0.2, 0.25) is 0 Å². The minimum atomic E-state index is -1.23. The summed E-state index contributed by atoms with van der Waals surface area (Å²) in [6.45, 7) is 7.87. The number of imide groups is 1. The van der Waals surface area contributed by atoms with Crippen molar-refractivity contribution in [1.29, 1.82) is 0 Å². The van der Waals surface area contributed by atoms with Crippen molar-refractivity contribution < 1.29 is 24.0 Å². The molecule has 19 heavy (non-hydrogen) atoms. The van der Waals surface area contributed by atoms with E-state index in [-0.39, 0.29) is 6.54 Å². The average molecular weight is 267 g/mol. The third-order valence-corrected chi connectivity index (χ3v) is 3.99. The molecular weight excluding hydrogens is 249 g/mol. The van der Waals surface area contributed by atoms with Crippen LogP contribution >= 0.6 is 0 Å². The molecule has 0 saturated carbocycles. The molecule has 1 saturated heterocycles. The number of rotatable bonds is 1. The number of carbonyl (C=O) groups is 2. The standard InChI is InChI=1S/C12H18BNO5/c1-11(2)12(3,4)19-13(18-11)8-5-6-14(10(16)17)9(15)7-8/h7H,5-6H2,1-4H3,(H,16,17). The lowest BCUT2D eigenvalue weighted by atomic mass is 9.74. The molecule has 0 unspecified atom stereocenters. The van der Waals surface area contributed by atoms with E-state index in [0.29, 0.717) is 11.9 Å². The minimum Gasteiger partial charge on any atom is -0.465 e. The fourth-order valence-corrected chi connectivity index (χ4v) is 2.03. The zero-order valence-electron chi connectivity index (χ0n) is 11.6. The zero-order valence-corrected chi connectivity index (χ0v) is 11.6. The van der Waals surface area contributed by atoms with Crippen LogP contribution in [-0.4, -0.2) is 46.9 Å². The molecule has 1 fully saturated rings. The molecule has 7 heteroatoms. The van der Waals surface area contributed by atoms with Crippen LogP contribution in [0.5, 0.6) is 0 Å². The van der Waals surface area contributed by atoms with E-state index < -0.39 is 30.3 Å². The Morgan fingerprint density at radius 1 is 1.32 bits per heavy atom. The molecule has 104 valence electrons. The van der Waals surface area contributed by atoms with Gasteiger partial charge in [0.05, 0.1) is 11.2 Å². The van der Waals surface area contributed by atoms with Crippen molar-refractivity contribution in [3.8, 4) is 0 Å². The van der Waals surface area contributed by atoms with Gasteiger partial charge in [-0.15, -0.1) is 0 Å². The van der Waals surface area contributed by atoms with Crippen LogP contribution in [0, 0.1) is 0 Å². The predicted octanol–water partition coefficient (Wildman–Crippen LogP) is 1.45. The first-order valence-electron chi connectivity index (χ1n) is 6.24. The molecule has 6 nitrogen and oxygen atoms in total. The maximum Gasteiger partial charge on any atom is 0.490 e. The van der Waals surface area contributed by atoms with Crippen LogP contribution in [0.15, 0.2) is 11.5 Å². The van der Waals surface area contributed by atoms with Gasteiger partial charge in [-0.3, -0.25) is 4.79 Å². The van der Waals surface area contributed by atoms with Crippen LogP contribution in [0.1, 0.15) is 34.1 Å². The van der Waals surface area contributed by atoms with E-state index in [1.54, 1.807) is 0 Å². The molecule has 0 bridgehead atoms. The first-order chi connectivity index (χ1) is 8.64. The Morgan fingerprint density at radius 2 is 1.84 bits per heavy atom. The molecule has 0 aromatic heterocycles. The summed E-state index contributed by atoms with van der Waals surface area (Å²) in [4.78, 5) is 23.3. The number of carboxylic acid groups (broad SMARTS) is 1. The van der Waals surface area contributed by atoms with Gasteiger partial charge in [-0.1, -0.05) is 0 Å². The topological polar surface area (TPSA) is 76.1 Å². The van der Waals surface area contributed by atoms with Crippen molar-refractivity contribution in [3.63, 3.8) is 0 Å². The van der Waals surface area contributed by atoms with E-state index in [0.717, 1.165) is 4.90 Å². The molecule has 0 spiro atoms. The first-order valence-corrected chi connectivity index (χ1v) is 6.24. The van der Waals surface area contributed by atoms with E-state index in [1.807, 2.05) is 27.7 Å². The van der Waals surface area contributed by atoms with Gasteiger partial charge >= 0.3 is 13.2 Å². The second-order valence-electron chi connectivity index (χ2n) is 5.83. The van der Waals surface area contributed by atoms with Gasteiger partial charge in [0.2, 0.25) is 0 Å². The highest BCUT2D eigenvalue weighted by Gasteiger charge is 2.52. The SMILES string of the molecule is CC1(C)OB(C2=CC(=O)N(C(=O)O)CC2)OC1(C)C. The van der Waals surface area contributed by atoms with E-state index in [1.165, 1.54) is 6.08 Å². The highest BCUT2D eigenvalue weighted by molar-refractivity contribution is 6.55.